The van der Waals surface area contributed by atoms with Gasteiger partial charge >= 0.3 is 0 Å². The van der Waals surface area contributed by atoms with E-state index in [1.54, 1.807) is 12.1 Å². The molecule has 0 radical (unpaired) electrons. The van der Waals surface area contributed by atoms with E-state index in [1.165, 1.54) is 0 Å². The van der Waals surface area contributed by atoms with Gasteiger partial charge in [-0.2, -0.15) is 0 Å². The molecule has 114 valence electrons. The maximum Gasteiger partial charge on any atom is 0.262 e. The highest BCUT2D eigenvalue weighted by Gasteiger charge is 2.12. The number of nitrogens with one attached hydrogen (secondary N) is 1. The van der Waals surface area contributed by atoms with E-state index in [1.807, 2.05) is 31.2 Å². The van der Waals surface area contributed by atoms with Crippen LogP contribution in [0.4, 0.5) is 5.69 Å². The molecule has 22 heavy (non-hydrogen) atoms. The standard InChI is InChI=1S/C16H13Br2NO3/c1-10-2-4-13(5-3-10)19-15(21)9-22-16-11(8-20)6-12(17)7-14(16)18/h2-8H,9H2,1H3,(H,19,21). The van der Waals surface area contributed by atoms with Gasteiger partial charge in [-0.25, -0.2) is 0 Å². The smallest absolute Gasteiger partial charge is 0.262 e. The first kappa shape index (κ1) is 16.7. The third-order valence-corrected chi connectivity index (χ3v) is 3.89. The maximum absolute atomic E-state index is 11.9. The van der Waals surface area contributed by atoms with Crippen molar-refractivity contribution in [2.45, 2.75) is 6.92 Å². The first-order valence-corrected chi connectivity index (χ1v) is 8.01. The topological polar surface area (TPSA) is 55.4 Å². The third-order valence-electron chi connectivity index (χ3n) is 2.85. The summed E-state index contributed by atoms with van der Waals surface area (Å²) < 4.78 is 6.81. The summed E-state index contributed by atoms with van der Waals surface area (Å²) in [7, 11) is 0. The van der Waals surface area contributed by atoms with Crippen LogP contribution in [0.5, 0.6) is 5.75 Å². The Morgan fingerprint density at radius 2 is 1.91 bits per heavy atom. The lowest BCUT2D eigenvalue weighted by Gasteiger charge is -2.11. The van der Waals surface area contributed by atoms with E-state index in [0.29, 0.717) is 27.8 Å². The SMILES string of the molecule is Cc1ccc(NC(=O)COc2c(Br)cc(Br)cc2C=O)cc1. The molecule has 6 heteroatoms. The number of hydrogen-bond donors (Lipinski definition) is 1. The van der Waals surface area contributed by atoms with Gasteiger partial charge in [0, 0.05) is 10.2 Å². The van der Waals surface area contributed by atoms with Gasteiger partial charge in [-0.15, -0.1) is 0 Å². The number of ether oxygens (including phenoxy) is 1. The zero-order valence-corrected chi connectivity index (χ0v) is 14.9. The van der Waals surface area contributed by atoms with Gasteiger partial charge < -0.3 is 10.1 Å². The third kappa shape index (κ3) is 4.42. The normalized spacial score (nSPS) is 10.1. The second-order valence-corrected chi connectivity index (χ2v) is 6.40. The molecule has 0 spiro atoms. The van der Waals surface area contributed by atoms with E-state index in [-0.39, 0.29) is 12.5 Å². The van der Waals surface area contributed by atoms with Crippen LogP contribution in [0.3, 0.4) is 0 Å². The average molecular weight is 427 g/mol. The number of carbonyl (C=O) groups excluding carboxylic acids is 2. The van der Waals surface area contributed by atoms with E-state index < -0.39 is 0 Å². The van der Waals surface area contributed by atoms with Crippen molar-refractivity contribution < 1.29 is 14.3 Å². The van der Waals surface area contributed by atoms with E-state index in [4.69, 9.17) is 4.74 Å². The molecule has 0 unspecified atom stereocenters. The lowest BCUT2D eigenvalue weighted by molar-refractivity contribution is -0.118. The van der Waals surface area contributed by atoms with Gasteiger partial charge in [0.15, 0.2) is 12.9 Å². The van der Waals surface area contributed by atoms with Crippen LogP contribution < -0.4 is 10.1 Å². The first-order valence-electron chi connectivity index (χ1n) is 6.43. The fourth-order valence-corrected chi connectivity index (χ4v) is 3.16. The molecule has 2 rings (SSSR count). The fourth-order valence-electron chi connectivity index (χ4n) is 1.79. The number of rotatable bonds is 5. The molecule has 0 saturated carbocycles. The molecule has 0 aliphatic heterocycles. The molecule has 2 aromatic carbocycles. The molecule has 1 N–H and O–H groups in total. The average Bonchev–Trinajstić information content (AvgIpc) is 2.48. The Hall–Kier alpha value is -1.66. The van der Waals surface area contributed by atoms with Crippen molar-refractivity contribution in [3.05, 3.63) is 56.5 Å². The number of amides is 1. The number of halogens is 2. The summed E-state index contributed by atoms with van der Waals surface area (Å²) in [6, 6.07) is 10.8. The Morgan fingerprint density at radius 1 is 1.23 bits per heavy atom. The molecule has 0 fully saturated rings. The number of benzene rings is 2. The molecular formula is C16H13Br2NO3. The van der Waals surface area contributed by atoms with Crippen molar-refractivity contribution in [1.29, 1.82) is 0 Å². The van der Waals surface area contributed by atoms with Gasteiger partial charge in [-0.05, 0) is 47.1 Å². The Bertz CT molecular complexity index is 699. The van der Waals surface area contributed by atoms with Crippen molar-refractivity contribution in [3.8, 4) is 5.75 Å². The van der Waals surface area contributed by atoms with Crippen molar-refractivity contribution in [3.63, 3.8) is 0 Å². The number of carbonyl (C=O) groups is 2. The largest absolute Gasteiger partial charge is 0.482 e. The summed E-state index contributed by atoms with van der Waals surface area (Å²) in [5.41, 5.74) is 2.18. The van der Waals surface area contributed by atoms with Gasteiger partial charge in [-0.3, -0.25) is 9.59 Å². The summed E-state index contributed by atoms with van der Waals surface area (Å²) in [5.74, 6) is 0.0489. The van der Waals surface area contributed by atoms with Crippen LogP contribution in [0, 0.1) is 6.92 Å². The highest BCUT2D eigenvalue weighted by atomic mass is 79.9. The Labute approximate surface area is 145 Å². The maximum atomic E-state index is 11.9. The quantitative estimate of drug-likeness (QED) is 0.723. The van der Waals surface area contributed by atoms with Crippen LogP contribution in [0.25, 0.3) is 0 Å². The number of hydrogen-bond acceptors (Lipinski definition) is 3. The van der Waals surface area contributed by atoms with Crippen molar-refractivity contribution >= 4 is 49.7 Å². The van der Waals surface area contributed by atoms with Gasteiger partial charge in [0.25, 0.3) is 5.91 Å². The van der Waals surface area contributed by atoms with E-state index in [9.17, 15) is 9.59 Å². The molecular weight excluding hydrogens is 414 g/mol. The van der Waals surface area contributed by atoms with Gasteiger partial charge in [0.1, 0.15) is 5.75 Å². The molecule has 0 aliphatic carbocycles. The summed E-state index contributed by atoms with van der Waals surface area (Å²) in [4.78, 5) is 23.0. The van der Waals surface area contributed by atoms with Gasteiger partial charge in [-0.1, -0.05) is 33.6 Å². The predicted octanol–water partition coefficient (Wildman–Crippen LogP) is 4.35. The molecule has 2 aromatic rings. The second kappa shape index (κ2) is 7.56. The monoisotopic (exact) mass is 425 g/mol. The van der Waals surface area contributed by atoms with Crippen molar-refractivity contribution in [2.24, 2.45) is 0 Å². The van der Waals surface area contributed by atoms with Crippen LogP contribution in [0.1, 0.15) is 15.9 Å². The van der Waals surface area contributed by atoms with E-state index in [2.05, 4.69) is 37.2 Å². The van der Waals surface area contributed by atoms with E-state index >= 15 is 0 Å². The van der Waals surface area contributed by atoms with Crippen LogP contribution in [-0.4, -0.2) is 18.8 Å². The molecule has 0 aliphatic rings. The Morgan fingerprint density at radius 3 is 2.55 bits per heavy atom. The van der Waals surface area contributed by atoms with Crippen LogP contribution in [0.2, 0.25) is 0 Å². The molecule has 0 bridgehead atoms. The zero-order valence-electron chi connectivity index (χ0n) is 11.7. The first-order chi connectivity index (χ1) is 10.5. The minimum Gasteiger partial charge on any atom is -0.482 e. The van der Waals surface area contributed by atoms with E-state index in [0.717, 1.165) is 10.0 Å². The van der Waals surface area contributed by atoms with Crippen molar-refractivity contribution in [2.75, 3.05) is 11.9 Å². The fraction of sp³-hybridized carbons (Fsp3) is 0.125. The Kier molecular flexibility index (Phi) is 5.74. The summed E-state index contributed by atoms with van der Waals surface area (Å²) >= 11 is 6.61. The van der Waals surface area contributed by atoms with Crippen molar-refractivity contribution in [1.82, 2.24) is 0 Å². The molecule has 0 atom stereocenters. The van der Waals surface area contributed by atoms with Crippen LogP contribution in [0.15, 0.2) is 45.3 Å². The van der Waals surface area contributed by atoms with Gasteiger partial charge in [0.2, 0.25) is 0 Å². The molecule has 0 aromatic heterocycles. The highest BCUT2D eigenvalue weighted by Crippen LogP contribution is 2.32. The summed E-state index contributed by atoms with van der Waals surface area (Å²) in [5, 5.41) is 2.73. The molecule has 0 heterocycles. The lowest BCUT2D eigenvalue weighted by atomic mass is 10.2. The lowest BCUT2D eigenvalue weighted by Crippen LogP contribution is -2.20. The zero-order chi connectivity index (χ0) is 16.1. The predicted molar refractivity (Wildman–Crippen MR) is 92.5 cm³/mol. The molecule has 0 saturated heterocycles. The second-order valence-electron chi connectivity index (χ2n) is 4.63. The minimum atomic E-state index is -0.296. The number of aryl methyl sites for hydroxylation is 1. The summed E-state index contributed by atoms with van der Waals surface area (Å²) in [6.07, 6.45) is 0.683. The molecule has 1 amide bonds. The van der Waals surface area contributed by atoms with Gasteiger partial charge in [0.05, 0.1) is 10.0 Å². The number of anilines is 1. The number of aldehydes is 1. The highest BCUT2D eigenvalue weighted by molar-refractivity contribution is 9.11. The summed E-state index contributed by atoms with van der Waals surface area (Å²) in [6.45, 7) is 1.79. The minimum absolute atomic E-state index is 0.186. The van der Waals surface area contributed by atoms with Crippen LogP contribution in [-0.2, 0) is 4.79 Å². The molecule has 4 nitrogen and oxygen atoms in total. The van der Waals surface area contributed by atoms with Crippen LogP contribution >= 0.6 is 31.9 Å². The Balaban J connectivity index is 2.02.